The van der Waals surface area contributed by atoms with Gasteiger partial charge in [0.1, 0.15) is 0 Å². The first-order valence-electron chi connectivity index (χ1n) is 5.08. The van der Waals surface area contributed by atoms with Crippen LogP contribution in [-0.4, -0.2) is 11.5 Å². The normalized spacial score (nSPS) is 11.0. The van der Waals surface area contributed by atoms with Gasteiger partial charge in [-0.2, -0.15) is 0 Å². The van der Waals surface area contributed by atoms with Gasteiger partial charge in [0.05, 0.1) is 0 Å². The van der Waals surface area contributed by atoms with Crippen molar-refractivity contribution in [2.75, 3.05) is 6.54 Å². The first-order valence-corrected chi connectivity index (χ1v) is 5.08. The van der Waals surface area contributed by atoms with Gasteiger partial charge in [-0.15, -0.1) is 0 Å². The summed E-state index contributed by atoms with van der Waals surface area (Å²) in [5, 5.41) is 4.63. The van der Waals surface area contributed by atoms with E-state index in [1.54, 1.807) is 0 Å². The zero-order chi connectivity index (χ0) is 9.97. The summed E-state index contributed by atoms with van der Waals surface area (Å²) in [6.07, 6.45) is 0. The SMILES string of the molecule is CCNCc1ccc2[nH]c(C)cc2c1. The molecular weight excluding hydrogens is 172 g/mol. The maximum atomic E-state index is 3.33. The van der Waals surface area contributed by atoms with E-state index in [1.165, 1.54) is 22.2 Å². The second-order valence-corrected chi connectivity index (χ2v) is 3.65. The lowest BCUT2D eigenvalue weighted by Crippen LogP contribution is -2.11. The third kappa shape index (κ3) is 1.80. The number of rotatable bonds is 3. The van der Waals surface area contributed by atoms with Gasteiger partial charge in [0.2, 0.25) is 0 Å². The Morgan fingerprint density at radius 3 is 2.93 bits per heavy atom. The summed E-state index contributed by atoms with van der Waals surface area (Å²) in [5.74, 6) is 0. The minimum Gasteiger partial charge on any atom is -0.359 e. The van der Waals surface area contributed by atoms with E-state index < -0.39 is 0 Å². The molecule has 0 spiro atoms. The van der Waals surface area contributed by atoms with Gasteiger partial charge in [-0.3, -0.25) is 0 Å². The fraction of sp³-hybridized carbons (Fsp3) is 0.333. The van der Waals surface area contributed by atoms with Crippen LogP contribution in [0.1, 0.15) is 18.2 Å². The average Bonchev–Trinajstić information content (AvgIpc) is 2.54. The molecule has 1 aromatic heterocycles. The van der Waals surface area contributed by atoms with Crippen LogP contribution in [0.25, 0.3) is 10.9 Å². The lowest BCUT2D eigenvalue weighted by molar-refractivity contribution is 0.727. The molecule has 74 valence electrons. The minimum atomic E-state index is 0.955. The Morgan fingerprint density at radius 1 is 1.29 bits per heavy atom. The Morgan fingerprint density at radius 2 is 2.14 bits per heavy atom. The molecule has 0 atom stereocenters. The summed E-state index contributed by atoms with van der Waals surface area (Å²) in [5.41, 5.74) is 3.79. The van der Waals surface area contributed by atoms with E-state index in [2.05, 4.69) is 48.4 Å². The van der Waals surface area contributed by atoms with Crippen LogP contribution < -0.4 is 5.32 Å². The highest BCUT2D eigenvalue weighted by Gasteiger charge is 1.98. The molecule has 0 radical (unpaired) electrons. The van der Waals surface area contributed by atoms with Gasteiger partial charge in [-0.05, 0) is 42.6 Å². The lowest BCUT2D eigenvalue weighted by Gasteiger charge is -2.01. The summed E-state index contributed by atoms with van der Waals surface area (Å²) in [7, 11) is 0. The Kier molecular flexibility index (Phi) is 2.55. The van der Waals surface area contributed by atoms with Crippen LogP contribution in [0.15, 0.2) is 24.3 Å². The first-order chi connectivity index (χ1) is 6.79. The van der Waals surface area contributed by atoms with Crippen molar-refractivity contribution in [1.29, 1.82) is 0 Å². The highest BCUT2D eigenvalue weighted by Crippen LogP contribution is 2.16. The van der Waals surface area contributed by atoms with Gasteiger partial charge in [0, 0.05) is 17.8 Å². The van der Waals surface area contributed by atoms with Gasteiger partial charge in [-0.25, -0.2) is 0 Å². The highest BCUT2D eigenvalue weighted by atomic mass is 14.8. The third-order valence-electron chi connectivity index (χ3n) is 2.40. The molecule has 0 aliphatic heterocycles. The Balaban J connectivity index is 2.31. The molecular formula is C12H16N2. The number of nitrogens with one attached hydrogen (secondary N) is 2. The van der Waals surface area contributed by atoms with Gasteiger partial charge in [0.15, 0.2) is 0 Å². The largest absolute Gasteiger partial charge is 0.359 e. The van der Waals surface area contributed by atoms with E-state index in [9.17, 15) is 0 Å². The van der Waals surface area contributed by atoms with E-state index in [-0.39, 0.29) is 0 Å². The van der Waals surface area contributed by atoms with E-state index in [1.807, 2.05) is 0 Å². The minimum absolute atomic E-state index is 0.955. The van der Waals surface area contributed by atoms with Gasteiger partial charge in [0.25, 0.3) is 0 Å². The van der Waals surface area contributed by atoms with Crippen LogP contribution in [0.5, 0.6) is 0 Å². The molecule has 0 aliphatic carbocycles. The molecule has 0 saturated carbocycles. The first kappa shape index (κ1) is 9.28. The molecule has 2 rings (SSSR count). The smallest absolute Gasteiger partial charge is 0.0456 e. The van der Waals surface area contributed by atoms with Crippen LogP contribution in [0, 0.1) is 6.92 Å². The molecule has 0 unspecified atom stereocenters. The van der Waals surface area contributed by atoms with Crippen molar-refractivity contribution in [3.63, 3.8) is 0 Å². The van der Waals surface area contributed by atoms with Crippen molar-refractivity contribution in [3.8, 4) is 0 Å². The molecule has 1 aromatic carbocycles. The molecule has 0 aliphatic rings. The molecule has 0 saturated heterocycles. The van der Waals surface area contributed by atoms with E-state index in [0.29, 0.717) is 0 Å². The molecule has 2 N–H and O–H groups in total. The fourth-order valence-electron chi connectivity index (χ4n) is 1.71. The zero-order valence-electron chi connectivity index (χ0n) is 8.72. The molecule has 14 heavy (non-hydrogen) atoms. The van der Waals surface area contributed by atoms with Crippen molar-refractivity contribution < 1.29 is 0 Å². The highest BCUT2D eigenvalue weighted by molar-refractivity contribution is 5.81. The number of aryl methyl sites for hydroxylation is 1. The van der Waals surface area contributed by atoms with Crippen molar-refractivity contribution in [3.05, 3.63) is 35.5 Å². The molecule has 2 nitrogen and oxygen atoms in total. The van der Waals surface area contributed by atoms with Crippen LogP contribution in [-0.2, 0) is 6.54 Å². The Bertz CT molecular complexity index is 429. The molecule has 0 amide bonds. The number of fused-ring (bicyclic) bond motifs is 1. The second-order valence-electron chi connectivity index (χ2n) is 3.65. The molecule has 1 heterocycles. The summed E-state index contributed by atoms with van der Waals surface area (Å²) < 4.78 is 0. The Labute approximate surface area is 84.3 Å². The molecule has 2 heteroatoms. The topological polar surface area (TPSA) is 27.8 Å². The monoisotopic (exact) mass is 188 g/mol. The van der Waals surface area contributed by atoms with Gasteiger partial charge >= 0.3 is 0 Å². The fourth-order valence-corrected chi connectivity index (χ4v) is 1.71. The van der Waals surface area contributed by atoms with Crippen molar-refractivity contribution >= 4 is 10.9 Å². The summed E-state index contributed by atoms with van der Waals surface area (Å²) in [6.45, 7) is 6.18. The number of benzene rings is 1. The van der Waals surface area contributed by atoms with E-state index in [0.717, 1.165) is 13.1 Å². The predicted octanol–water partition coefficient (Wildman–Crippen LogP) is 2.59. The Hall–Kier alpha value is -1.28. The predicted molar refractivity (Wildman–Crippen MR) is 60.4 cm³/mol. The zero-order valence-corrected chi connectivity index (χ0v) is 8.72. The molecule has 2 aromatic rings. The maximum Gasteiger partial charge on any atom is 0.0456 e. The van der Waals surface area contributed by atoms with Gasteiger partial charge in [-0.1, -0.05) is 13.0 Å². The van der Waals surface area contributed by atoms with Crippen LogP contribution in [0.4, 0.5) is 0 Å². The van der Waals surface area contributed by atoms with E-state index >= 15 is 0 Å². The third-order valence-corrected chi connectivity index (χ3v) is 2.40. The van der Waals surface area contributed by atoms with Crippen LogP contribution in [0.3, 0.4) is 0 Å². The second kappa shape index (κ2) is 3.84. The summed E-state index contributed by atoms with van der Waals surface area (Å²) in [4.78, 5) is 3.32. The maximum absolute atomic E-state index is 3.33. The van der Waals surface area contributed by atoms with Crippen molar-refractivity contribution in [2.45, 2.75) is 20.4 Å². The van der Waals surface area contributed by atoms with E-state index in [4.69, 9.17) is 0 Å². The number of aromatic nitrogens is 1. The average molecular weight is 188 g/mol. The van der Waals surface area contributed by atoms with Crippen molar-refractivity contribution in [2.24, 2.45) is 0 Å². The van der Waals surface area contributed by atoms with Crippen molar-refractivity contribution in [1.82, 2.24) is 10.3 Å². The number of aromatic amines is 1. The number of hydrogen-bond acceptors (Lipinski definition) is 1. The van der Waals surface area contributed by atoms with Gasteiger partial charge < -0.3 is 10.3 Å². The molecule has 0 bridgehead atoms. The summed E-state index contributed by atoms with van der Waals surface area (Å²) in [6, 6.07) is 8.74. The standard InChI is InChI=1S/C12H16N2/c1-3-13-8-10-4-5-12-11(7-10)6-9(2)14-12/h4-7,13-14H,3,8H2,1-2H3. The van der Waals surface area contributed by atoms with Crippen LogP contribution in [0.2, 0.25) is 0 Å². The number of H-pyrrole nitrogens is 1. The quantitative estimate of drug-likeness (QED) is 0.761. The molecule has 0 fully saturated rings. The number of hydrogen-bond donors (Lipinski definition) is 2. The van der Waals surface area contributed by atoms with Crippen LogP contribution >= 0.6 is 0 Å². The summed E-state index contributed by atoms with van der Waals surface area (Å²) >= 11 is 0. The lowest BCUT2D eigenvalue weighted by atomic mass is 10.1.